The fraction of sp³-hybridized carbons (Fsp3) is 0.344. The average Bonchev–Trinajstić information content (AvgIpc) is 2.95. The number of benzene rings is 2. The molecule has 4 heterocycles. The van der Waals surface area contributed by atoms with E-state index in [0.717, 1.165) is 59.6 Å². The van der Waals surface area contributed by atoms with E-state index in [9.17, 15) is 9.82 Å². The van der Waals surface area contributed by atoms with E-state index in [1.165, 1.54) is 0 Å². The molecule has 6 rings (SSSR count). The zero-order valence-corrected chi connectivity index (χ0v) is 24.2. The second-order valence-corrected chi connectivity index (χ2v) is 12.0. The number of aryl methyl sites for hydroxylation is 1. The highest BCUT2D eigenvalue weighted by Crippen LogP contribution is 2.36. The van der Waals surface area contributed by atoms with Crippen LogP contribution in [0, 0.1) is 19.3 Å². The van der Waals surface area contributed by atoms with E-state index in [1.54, 1.807) is 12.4 Å². The third-order valence-corrected chi connectivity index (χ3v) is 8.40. The Kier molecular flexibility index (Phi) is 6.86. The van der Waals surface area contributed by atoms with Crippen molar-refractivity contribution in [1.82, 2.24) is 4.98 Å². The van der Waals surface area contributed by atoms with Crippen molar-refractivity contribution in [3.05, 3.63) is 81.1 Å². The summed E-state index contributed by atoms with van der Waals surface area (Å²) >= 11 is 0. The molecule has 1 fully saturated rings. The van der Waals surface area contributed by atoms with Crippen molar-refractivity contribution in [3.63, 3.8) is 0 Å². The maximum atomic E-state index is 13.6. The standard InChI is InChI=1S/C32H35BN4O4/c1-19-15-24(30-25(16-19)29(38)20(2)31(40-30)37-13-10-32(4,5)11-14-37)21(3)36-27-7-6-12-34-28(27)22-8-9-26-23(17-22)18-35-41-33(26)39/h6-9,12,15-18,21,36,39H,10-11,13-14H2,1-5H3/t21-/m1/s1. The van der Waals surface area contributed by atoms with Crippen molar-refractivity contribution in [2.75, 3.05) is 23.3 Å². The number of fused-ring (bicyclic) bond motifs is 2. The largest absolute Gasteiger partial charge is 0.583 e. The Labute approximate surface area is 240 Å². The van der Waals surface area contributed by atoms with Crippen LogP contribution in [0.5, 0.6) is 0 Å². The lowest BCUT2D eigenvalue weighted by Gasteiger charge is -2.37. The first kappa shape index (κ1) is 27.1. The van der Waals surface area contributed by atoms with Gasteiger partial charge in [-0.3, -0.25) is 9.78 Å². The summed E-state index contributed by atoms with van der Waals surface area (Å²) in [6.45, 7) is 12.3. The topological polar surface area (TPSA) is 100 Å². The lowest BCUT2D eigenvalue weighted by Crippen LogP contribution is -2.38. The number of hydrogen-bond donors (Lipinski definition) is 2. The van der Waals surface area contributed by atoms with E-state index in [-0.39, 0.29) is 11.5 Å². The van der Waals surface area contributed by atoms with Crippen LogP contribution in [0.2, 0.25) is 0 Å². The van der Waals surface area contributed by atoms with Gasteiger partial charge in [0.15, 0.2) is 5.43 Å². The smallest absolute Gasteiger partial charge is 0.440 e. The van der Waals surface area contributed by atoms with Crippen LogP contribution in [0.15, 0.2) is 63.0 Å². The van der Waals surface area contributed by atoms with Crippen molar-refractivity contribution in [2.24, 2.45) is 10.6 Å². The van der Waals surface area contributed by atoms with Crippen LogP contribution in [0.3, 0.4) is 0 Å². The van der Waals surface area contributed by atoms with Crippen LogP contribution in [-0.2, 0) is 4.76 Å². The summed E-state index contributed by atoms with van der Waals surface area (Å²) in [4.78, 5) is 20.5. The van der Waals surface area contributed by atoms with Crippen LogP contribution >= 0.6 is 0 Å². The van der Waals surface area contributed by atoms with Crippen LogP contribution in [0.1, 0.15) is 61.9 Å². The normalized spacial score (nSPS) is 16.8. The third-order valence-electron chi connectivity index (χ3n) is 8.40. The summed E-state index contributed by atoms with van der Waals surface area (Å²) in [6, 6.07) is 13.4. The highest BCUT2D eigenvalue weighted by atomic mass is 16.6. The molecule has 2 N–H and O–H groups in total. The summed E-state index contributed by atoms with van der Waals surface area (Å²) in [5, 5.41) is 18.1. The molecule has 2 aliphatic heterocycles. The third kappa shape index (κ3) is 5.10. The van der Waals surface area contributed by atoms with E-state index in [1.807, 2.05) is 50.2 Å². The Hall–Kier alpha value is -4.11. The molecular formula is C32H35BN4O4. The Morgan fingerprint density at radius 2 is 1.90 bits per heavy atom. The minimum Gasteiger partial charge on any atom is -0.440 e. The van der Waals surface area contributed by atoms with Crippen molar-refractivity contribution < 1.29 is 14.2 Å². The Morgan fingerprint density at radius 1 is 1.12 bits per heavy atom. The van der Waals surface area contributed by atoms with E-state index in [0.29, 0.717) is 33.3 Å². The summed E-state index contributed by atoms with van der Waals surface area (Å²) in [7, 11) is -1.08. The van der Waals surface area contributed by atoms with Gasteiger partial charge >= 0.3 is 7.12 Å². The molecule has 41 heavy (non-hydrogen) atoms. The molecule has 1 atom stereocenters. The van der Waals surface area contributed by atoms with E-state index in [2.05, 4.69) is 47.2 Å². The maximum absolute atomic E-state index is 13.6. The number of oxime groups is 1. The highest BCUT2D eigenvalue weighted by Gasteiger charge is 2.29. The molecule has 8 nitrogen and oxygen atoms in total. The maximum Gasteiger partial charge on any atom is 0.583 e. The zero-order chi connectivity index (χ0) is 28.9. The van der Waals surface area contributed by atoms with Gasteiger partial charge < -0.3 is 24.4 Å². The van der Waals surface area contributed by atoms with Gasteiger partial charge in [-0.25, -0.2) is 0 Å². The molecule has 0 bridgehead atoms. The number of piperidine rings is 1. The monoisotopic (exact) mass is 550 g/mol. The average molecular weight is 550 g/mol. The Bertz CT molecular complexity index is 1720. The van der Waals surface area contributed by atoms with E-state index < -0.39 is 7.12 Å². The van der Waals surface area contributed by atoms with Gasteiger partial charge in [-0.05, 0) is 74.4 Å². The van der Waals surface area contributed by atoms with Crippen LogP contribution in [-0.4, -0.2) is 36.4 Å². The van der Waals surface area contributed by atoms with Gasteiger partial charge in [-0.15, -0.1) is 5.16 Å². The molecule has 2 aromatic carbocycles. The van der Waals surface area contributed by atoms with Gasteiger partial charge in [0.05, 0.1) is 34.6 Å². The molecule has 0 unspecified atom stereocenters. The lowest BCUT2D eigenvalue weighted by molar-refractivity contribution is 0.274. The van der Waals surface area contributed by atoms with Gasteiger partial charge in [0, 0.05) is 35.9 Å². The summed E-state index contributed by atoms with van der Waals surface area (Å²) in [5.74, 6) is 0.680. The second kappa shape index (κ2) is 10.4. The van der Waals surface area contributed by atoms with Gasteiger partial charge in [0.25, 0.3) is 0 Å². The van der Waals surface area contributed by atoms with Crippen molar-refractivity contribution in [2.45, 2.75) is 53.5 Å². The first-order chi connectivity index (χ1) is 19.6. The molecule has 4 aromatic rings. The highest BCUT2D eigenvalue weighted by molar-refractivity contribution is 6.62. The van der Waals surface area contributed by atoms with Crippen LogP contribution in [0.4, 0.5) is 11.6 Å². The number of hydrogen-bond acceptors (Lipinski definition) is 8. The van der Waals surface area contributed by atoms with Gasteiger partial charge in [-0.2, -0.15) is 0 Å². The molecule has 210 valence electrons. The molecule has 9 heteroatoms. The molecule has 0 aliphatic carbocycles. The number of anilines is 2. The van der Waals surface area contributed by atoms with Crippen LogP contribution < -0.4 is 21.1 Å². The molecule has 2 aliphatic rings. The minimum atomic E-state index is -1.08. The molecular weight excluding hydrogens is 515 g/mol. The fourth-order valence-electron chi connectivity index (χ4n) is 5.82. The summed E-state index contributed by atoms with van der Waals surface area (Å²) in [6.07, 6.45) is 5.45. The zero-order valence-electron chi connectivity index (χ0n) is 24.2. The van der Waals surface area contributed by atoms with Crippen molar-refractivity contribution in [1.29, 1.82) is 0 Å². The summed E-state index contributed by atoms with van der Waals surface area (Å²) in [5.41, 5.74) is 7.44. The van der Waals surface area contributed by atoms with Gasteiger partial charge in [0.1, 0.15) is 5.58 Å². The number of aromatic nitrogens is 1. The SMILES string of the molecule is Cc1cc([C@@H](C)Nc2cccnc2-c2ccc3c(c2)C=NOB3O)c2oc(N3CCC(C)(C)CC3)c(C)c(=O)c2c1. The Morgan fingerprint density at radius 3 is 2.68 bits per heavy atom. The van der Waals surface area contributed by atoms with Gasteiger partial charge in [0.2, 0.25) is 5.88 Å². The lowest BCUT2D eigenvalue weighted by atomic mass is 9.75. The first-order valence-electron chi connectivity index (χ1n) is 14.2. The Balaban J connectivity index is 1.38. The molecule has 1 saturated heterocycles. The number of rotatable bonds is 5. The summed E-state index contributed by atoms with van der Waals surface area (Å²) < 4.78 is 11.6. The quantitative estimate of drug-likeness (QED) is 0.325. The molecule has 0 saturated carbocycles. The molecule has 2 aromatic heterocycles. The molecule has 0 amide bonds. The molecule has 0 spiro atoms. The second-order valence-electron chi connectivity index (χ2n) is 12.0. The number of nitrogens with one attached hydrogen (secondary N) is 1. The van der Waals surface area contributed by atoms with Gasteiger partial charge in [-0.1, -0.05) is 32.0 Å². The molecule has 0 radical (unpaired) electrons. The van der Waals surface area contributed by atoms with E-state index >= 15 is 0 Å². The van der Waals surface area contributed by atoms with Crippen molar-refractivity contribution in [3.8, 4) is 11.3 Å². The number of pyridine rings is 1. The van der Waals surface area contributed by atoms with E-state index in [4.69, 9.17) is 9.17 Å². The number of nitrogens with zero attached hydrogens (tertiary/aromatic N) is 3. The minimum absolute atomic E-state index is 0.0205. The fourth-order valence-corrected chi connectivity index (χ4v) is 5.82. The predicted molar refractivity (Wildman–Crippen MR) is 165 cm³/mol. The van der Waals surface area contributed by atoms with Crippen molar-refractivity contribution >= 4 is 41.3 Å². The first-order valence-corrected chi connectivity index (χ1v) is 14.2. The predicted octanol–water partition coefficient (Wildman–Crippen LogP) is 5.32. The van der Waals surface area contributed by atoms with Crippen LogP contribution in [0.25, 0.3) is 22.2 Å².